The van der Waals surface area contributed by atoms with E-state index in [1.54, 1.807) is 0 Å². The molecule has 0 atom stereocenters. The second-order valence-corrected chi connectivity index (χ2v) is 7.73. The Morgan fingerprint density at radius 1 is 1.10 bits per heavy atom. The average molecular weight is 441 g/mol. The fourth-order valence-electron chi connectivity index (χ4n) is 3.17. The van der Waals surface area contributed by atoms with E-state index in [0.29, 0.717) is 26.2 Å². The van der Waals surface area contributed by atoms with E-state index in [9.17, 15) is 27.6 Å². The molecule has 1 amide bonds. The number of ether oxygens (including phenoxy) is 2. The zero-order chi connectivity index (χ0) is 23.0. The van der Waals surface area contributed by atoms with Crippen molar-refractivity contribution in [3.8, 4) is 0 Å². The lowest BCUT2D eigenvalue weighted by Crippen LogP contribution is -2.47. The summed E-state index contributed by atoms with van der Waals surface area (Å²) >= 11 is 0. The van der Waals surface area contributed by atoms with Gasteiger partial charge in [0.05, 0.1) is 11.1 Å². The number of hydrogen-bond acceptors (Lipinski definition) is 7. The monoisotopic (exact) mass is 441 g/mol. The van der Waals surface area contributed by atoms with Gasteiger partial charge < -0.3 is 24.6 Å². The van der Waals surface area contributed by atoms with Gasteiger partial charge in [0.2, 0.25) is 0 Å². The lowest BCUT2D eigenvalue weighted by molar-refractivity contribution is -0.222. The molecule has 31 heavy (non-hydrogen) atoms. The first-order valence-electron chi connectivity index (χ1n) is 9.50. The van der Waals surface area contributed by atoms with Crippen molar-refractivity contribution in [2.45, 2.75) is 25.8 Å². The second-order valence-electron chi connectivity index (χ2n) is 7.73. The molecule has 2 aliphatic heterocycles. The lowest BCUT2D eigenvalue weighted by atomic mass is 10.0. The SMILES string of the molecule is CN1CCN(C(=O)c2ccc(NC=C3C(=O)OC(C)(C)OC3=O)cc2C(F)(F)F)CC1. The normalized spacial score (nSPS) is 19.5. The first kappa shape index (κ1) is 22.6. The van der Waals surface area contributed by atoms with Gasteiger partial charge in [0.25, 0.3) is 11.7 Å². The second kappa shape index (κ2) is 8.22. The van der Waals surface area contributed by atoms with Crippen molar-refractivity contribution < 1.29 is 37.0 Å². The number of nitrogens with one attached hydrogen (secondary N) is 1. The van der Waals surface area contributed by atoms with Gasteiger partial charge in [-0.2, -0.15) is 13.2 Å². The van der Waals surface area contributed by atoms with Crippen LogP contribution in [-0.2, 0) is 25.2 Å². The van der Waals surface area contributed by atoms with Gasteiger partial charge in [-0.3, -0.25) is 4.79 Å². The summed E-state index contributed by atoms with van der Waals surface area (Å²) in [7, 11) is 1.87. The largest absolute Gasteiger partial charge is 0.419 e. The van der Waals surface area contributed by atoms with Crippen LogP contribution < -0.4 is 5.32 Å². The van der Waals surface area contributed by atoms with Crippen molar-refractivity contribution in [2.75, 3.05) is 38.5 Å². The number of alkyl halides is 3. The van der Waals surface area contributed by atoms with Gasteiger partial charge in [-0.05, 0) is 25.2 Å². The molecule has 2 fully saturated rings. The van der Waals surface area contributed by atoms with Crippen LogP contribution in [0.15, 0.2) is 30.0 Å². The molecular formula is C20H22F3N3O5. The maximum absolute atomic E-state index is 13.7. The number of anilines is 1. The molecule has 0 radical (unpaired) electrons. The predicted octanol–water partition coefficient (Wildman–Crippen LogP) is 2.22. The number of benzene rings is 1. The first-order valence-corrected chi connectivity index (χ1v) is 9.50. The molecule has 1 N–H and O–H groups in total. The Bertz CT molecular complexity index is 912. The number of carbonyl (C=O) groups excluding carboxylic acids is 3. The molecule has 1 aromatic carbocycles. The number of esters is 2. The molecule has 0 unspecified atom stereocenters. The summed E-state index contributed by atoms with van der Waals surface area (Å²) in [6.07, 6.45) is -3.87. The van der Waals surface area contributed by atoms with Gasteiger partial charge in [-0.1, -0.05) is 0 Å². The van der Waals surface area contributed by atoms with E-state index < -0.39 is 46.5 Å². The van der Waals surface area contributed by atoms with Gasteiger partial charge in [-0.15, -0.1) is 0 Å². The number of nitrogens with zero attached hydrogens (tertiary/aromatic N) is 2. The minimum Gasteiger partial charge on any atom is -0.419 e. The summed E-state index contributed by atoms with van der Waals surface area (Å²) in [6, 6.07) is 3.09. The Morgan fingerprint density at radius 3 is 2.23 bits per heavy atom. The van der Waals surface area contributed by atoms with Crippen molar-refractivity contribution in [1.82, 2.24) is 9.80 Å². The topological polar surface area (TPSA) is 88.2 Å². The fraction of sp³-hybridized carbons (Fsp3) is 0.450. The molecule has 11 heteroatoms. The Labute approximate surface area is 176 Å². The molecule has 2 heterocycles. The van der Waals surface area contributed by atoms with Crippen molar-refractivity contribution >= 4 is 23.5 Å². The number of hydrogen-bond donors (Lipinski definition) is 1. The molecule has 3 rings (SSSR count). The van der Waals surface area contributed by atoms with Crippen LogP contribution in [-0.4, -0.2) is 66.7 Å². The smallest absolute Gasteiger partial charge is 0.417 e. The maximum atomic E-state index is 13.7. The summed E-state index contributed by atoms with van der Waals surface area (Å²) in [6.45, 7) is 4.56. The Balaban J connectivity index is 1.84. The third-order valence-electron chi connectivity index (χ3n) is 4.85. The highest BCUT2D eigenvalue weighted by atomic mass is 19.4. The third-order valence-corrected chi connectivity index (χ3v) is 4.85. The molecule has 8 nitrogen and oxygen atoms in total. The number of rotatable bonds is 3. The van der Waals surface area contributed by atoms with Crippen molar-refractivity contribution in [1.29, 1.82) is 0 Å². The van der Waals surface area contributed by atoms with Gasteiger partial charge >= 0.3 is 18.1 Å². The number of amides is 1. The average Bonchev–Trinajstić information content (AvgIpc) is 2.65. The molecule has 1 aromatic rings. The number of cyclic esters (lactones) is 2. The molecule has 0 aliphatic carbocycles. The molecule has 168 valence electrons. The molecule has 2 aliphatic rings. The summed E-state index contributed by atoms with van der Waals surface area (Å²) < 4.78 is 50.8. The van der Waals surface area contributed by atoms with E-state index in [1.165, 1.54) is 24.8 Å². The van der Waals surface area contributed by atoms with Crippen molar-refractivity contribution in [3.63, 3.8) is 0 Å². The summed E-state index contributed by atoms with van der Waals surface area (Å²) in [5.74, 6) is -4.06. The predicted molar refractivity (Wildman–Crippen MR) is 103 cm³/mol. The van der Waals surface area contributed by atoms with E-state index in [1.807, 2.05) is 11.9 Å². The van der Waals surface area contributed by atoms with Crippen LogP contribution in [0.4, 0.5) is 18.9 Å². The van der Waals surface area contributed by atoms with Crippen LogP contribution in [0.3, 0.4) is 0 Å². The van der Waals surface area contributed by atoms with Crippen LogP contribution >= 0.6 is 0 Å². The molecule has 0 saturated carbocycles. The standard InChI is InChI=1S/C20H22F3N3O5/c1-19(2)30-17(28)14(18(29)31-19)11-24-12-4-5-13(15(10-12)20(21,22)23)16(27)26-8-6-25(3)7-9-26/h4-5,10-11,24H,6-9H2,1-3H3. The fourth-order valence-corrected chi connectivity index (χ4v) is 3.17. The highest BCUT2D eigenvalue weighted by molar-refractivity contribution is 6.15. The lowest BCUT2D eigenvalue weighted by Gasteiger charge is -2.33. The zero-order valence-electron chi connectivity index (χ0n) is 17.2. The van der Waals surface area contributed by atoms with Crippen molar-refractivity contribution in [3.05, 3.63) is 41.1 Å². The molecule has 2 saturated heterocycles. The summed E-state index contributed by atoms with van der Waals surface area (Å²) in [5, 5.41) is 2.47. The number of halogens is 3. The number of carbonyl (C=O) groups is 3. The summed E-state index contributed by atoms with van der Waals surface area (Å²) in [5.41, 5.74) is -2.14. The Hall–Kier alpha value is -3.08. The number of piperazine rings is 1. The van der Waals surface area contributed by atoms with Crippen LogP contribution in [0, 0.1) is 0 Å². The van der Waals surface area contributed by atoms with Gasteiger partial charge in [0.1, 0.15) is 0 Å². The van der Waals surface area contributed by atoms with Crippen LogP contribution in [0.5, 0.6) is 0 Å². The molecule has 0 aromatic heterocycles. The minimum atomic E-state index is -4.78. The van der Waals surface area contributed by atoms with E-state index in [4.69, 9.17) is 9.47 Å². The third kappa shape index (κ3) is 5.16. The maximum Gasteiger partial charge on any atom is 0.417 e. The van der Waals surface area contributed by atoms with Crippen LogP contribution in [0.25, 0.3) is 0 Å². The Kier molecular flexibility index (Phi) is 5.99. The van der Waals surface area contributed by atoms with Gasteiger partial charge in [0, 0.05) is 51.9 Å². The first-order chi connectivity index (χ1) is 14.4. The highest BCUT2D eigenvalue weighted by Gasteiger charge is 2.39. The van der Waals surface area contributed by atoms with E-state index in [0.717, 1.165) is 18.3 Å². The van der Waals surface area contributed by atoms with Gasteiger partial charge in [-0.25, -0.2) is 9.59 Å². The van der Waals surface area contributed by atoms with Crippen LogP contribution in [0.1, 0.15) is 29.8 Å². The Morgan fingerprint density at radius 2 is 1.68 bits per heavy atom. The molecule has 0 spiro atoms. The minimum absolute atomic E-state index is 0.0693. The highest BCUT2D eigenvalue weighted by Crippen LogP contribution is 2.35. The quantitative estimate of drug-likeness (QED) is 0.437. The van der Waals surface area contributed by atoms with E-state index >= 15 is 0 Å². The zero-order valence-corrected chi connectivity index (χ0v) is 17.2. The molecule has 0 bridgehead atoms. The van der Waals surface area contributed by atoms with E-state index in [2.05, 4.69) is 5.32 Å². The van der Waals surface area contributed by atoms with E-state index in [-0.39, 0.29) is 5.69 Å². The molecular weight excluding hydrogens is 419 g/mol. The van der Waals surface area contributed by atoms with Crippen molar-refractivity contribution in [2.24, 2.45) is 0 Å². The summed E-state index contributed by atoms with van der Waals surface area (Å²) in [4.78, 5) is 39.9. The van der Waals surface area contributed by atoms with Crippen LogP contribution in [0.2, 0.25) is 0 Å². The number of likely N-dealkylation sites (N-methyl/N-ethyl adjacent to an activating group) is 1. The van der Waals surface area contributed by atoms with Gasteiger partial charge in [0.15, 0.2) is 5.57 Å².